The van der Waals surface area contributed by atoms with Crippen molar-refractivity contribution in [2.45, 2.75) is 51.9 Å². The minimum atomic E-state index is -1.42. The Balaban J connectivity index is 1.60. The van der Waals surface area contributed by atoms with Gasteiger partial charge in [-0.1, -0.05) is 62.6 Å². The van der Waals surface area contributed by atoms with E-state index in [2.05, 4.69) is 25.1 Å². The Kier molecular flexibility index (Phi) is 5.75. The number of hydrogen-bond acceptors (Lipinski definition) is 0. The Morgan fingerprint density at radius 1 is 0.690 bits per heavy atom. The molecule has 0 nitrogen and oxygen atoms in total. The third kappa shape index (κ3) is 4.10. The van der Waals surface area contributed by atoms with Crippen LogP contribution < -0.4 is 0 Å². The van der Waals surface area contributed by atoms with Crippen LogP contribution in [-0.2, 0) is 19.3 Å². The van der Waals surface area contributed by atoms with Crippen molar-refractivity contribution in [3.8, 4) is 22.3 Å². The molecule has 0 fully saturated rings. The monoisotopic (exact) mass is 394 g/mol. The van der Waals surface area contributed by atoms with Crippen LogP contribution in [0.1, 0.15) is 49.3 Å². The predicted octanol–water partition coefficient (Wildman–Crippen LogP) is 7.66. The van der Waals surface area contributed by atoms with Gasteiger partial charge in [-0.3, -0.25) is 0 Å². The lowest BCUT2D eigenvalue weighted by Crippen LogP contribution is -2.05. The van der Waals surface area contributed by atoms with E-state index in [1.807, 2.05) is 18.2 Å². The van der Waals surface area contributed by atoms with Gasteiger partial charge in [0.25, 0.3) is 0 Å². The van der Waals surface area contributed by atoms with Crippen LogP contribution in [0.3, 0.4) is 0 Å². The molecule has 0 aromatic heterocycles. The molecule has 0 amide bonds. The summed E-state index contributed by atoms with van der Waals surface area (Å²) in [4.78, 5) is 0. The lowest BCUT2D eigenvalue weighted by Gasteiger charge is -2.22. The van der Waals surface area contributed by atoms with Crippen molar-refractivity contribution in [1.29, 1.82) is 0 Å². The first-order chi connectivity index (χ1) is 14.1. The first kappa shape index (κ1) is 19.8. The second-order valence-corrected chi connectivity index (χ2v) is 7.93. The van der Waals surface area contributed by atoms with E-state index >= 15 is 0 Å². The third-order valence-electron chi connectivity index (χ3n) is 5.86. The summed E-state index contributed by atoms with van der Waals surface area (Å²) in [5, 5.41) is 0. The highest BCUT2D eigenvalue weighted by Crippen LogP contribution is 2.37. The van der Waals surface area contributed by atoms with Crippen molar-refractivity contribution in [2.75, 3.05) is 0 Å². The number of aryl methyl sites for hydroxylation is 3. The SMILES string of the molecule is CCCCCCc1ccc2c(c1)CCc1cc(-c3cc(F)c(F)c(F)c3)ccc1-2. The van der Waals surface area contributed by atoms with Gasteiger partial charge >= 0.3 is 0 Å². The maximum absolute atomic E-state index is 13.6. The molecular formula is C26H25F3. The highest BCUT2D eigenvalue weighted by Gasteiger charge is 2.18. The number of unbranched alkanes of at least 4 members (excludes halogenated alkanes) is 3. The molecule has 0 unspecified atom stereocenters. The van der Waals surface area contributed by atoms with Gasteiger partial charge in [-0.05, 0) is 76.8 Å². The van der Waals surface area contributed by atoms with Crippen LogP contribution in [0.5, 0.6) is 0 Å². The average molecular weight is 394 g/mol. The minimum absolute atomic E-state index is 0.359. The van der Waals surface area contributed by atoms with Crippen LogP contribution >= 0.6 is 0 Å². The summed E-state index contributed by atoms with van der Waals surface area (Å²) >= 11 is 0. The normalized spacial score (nSPS) is 12.6. The summed E-state index contributed by atoms with van der Waals surface area (Å²) in [6, 6.07) is 14.7. The molecule has 0 aliphatic heterocycles. The van der Waals surface area contributed by atoms with Crippen LogP contribution in [-0.4, -0.2) is 0 Å². The zero-order valence-electron chi connectivity index (χ0n) is 16.7. The minimum Gasteiger partial charge on any atom is -0.204 e. The fraction of sp³-hybridized carbons (Fsp3) is 0.308. The Labute approximate surface area is 170 Å². The van der Waals surface area contributed by atoms with E-state index in [4.69, 9.17) is 0 Å². The second kappa shape index (κ2) is 8.44. The third-order valence-corrected chi connectivity index (χ3v) is 5.86. The molecule has 0 atom stereocenters. The molecule has 3 heteroatoms. The van der Waals surface area contributed by atoms with Gasteiger partial charge in [-0.25, -0.2) is 13.2 Å². The molecule has 150 valence electrons. The highest BCUT2D eigenvalue weighted by atomic mass is 19.2. The number of fused-ring (bicyclic) bond motifs is 3. The Morgan fingerprint density at radius 3 is 2.03 bits per heavy atom. The Hall–Kier alpha value is -2.55. The van der Waals surface area contributed by atoms with Crippen LogP contribution in [0.2, 0.25) is 0 Å². The van der Waals surface area contributed by atoms with Crippen LogP contribution in [0.15, 0.2) is 48.5 Å². The summed E-state index contributed by atoms with van der Waals surface area (Å²) in [6.45, 7) is 2.23. The fourth-order valence-electron chi connectivity index (χ4n) is 4.26. The molecule has 1 aliphatic carbocycles. The highest BCUT2D eigenvalue weighted by molar-refractivity contribution is 5.77. The van der Waals surface area contributed by atoms with Gasteiger partial charge in [0, 0.05) is 0 Å². The lowest BCUT2D eigenvalue weighted by atomic mass is 9.83. The molecule has 0 N–H and O–H groups in total. The molecule has 0 heterocycles. The van der Waals surface area contributed by atoms with E-state index in [9.17, 15) is 13.2 Å². The quantitative estimate of drug-likeness (QED) is 0.297. The molecule has 0 spiro atoms. The first-order valence-corrected chi connectivity index (χ1v) is 10.5. The number of rotatable bonds is 6. The van der Waals surface area contributed by atoms with Crippen molar-refractivity contribution in [3.63, 3.8) is 0 Å². The van der Waals surface area contributed by atoms with Crippen molar-refractivity contribution < 1.29 is 13.2 Å². The summed E-state index contributed by atoms with van der Waals surface area (Å²) in [5.41, 5.74) is 7.42. The lowest BCUT2D eigenvalue weighted by molar-refractivity contribution is 0.447. The zero-order valence-corrected chi connectivity index (χ0v) is 16.7. The first-order valence-electron chi connectivity index (χ1n) is 10.5. The Bertz CT molecular complexity index is 1010. The number of hydrogen-bond donors (Lipinski definition) is 0. The molecule has 4 rings (SSSR count). The summed E-state index contributed by atoms with van der Waals surface area (Å²) < 4.78 is 40.5. The second-order valence-electron chi connectivity index (χ2n) is 7.93. The van der Waals surface area contributed by atoms with Gasteiger partial charge in [0.2, 0.25) is 0 Å². The van der Waals surface area contributed by atoms with Gasteiger partial charge in [0.05, 0.1) is 0 Å². The predicted molar refractivity (Wildman–Crippen MR) is 112 cm³/mol. The molecule has 3 aromatic carbocycles. The van der Waals surface area contributed by atoms with Crippen LogP contribution in [0.25, 0.3) is 22.3 Å². The van der Waals surface area contributed by atoms with Crippen LogP contribution in [0, 0.1) is 17.5 Å². The van der Waals surface area contributed by atoms with Gasteiger partial charge in [-0.15, -0.1) is 0 Å². The zero-order chi connectivity index (χ0) is 20.4. The number of benzene rings is 3. The molecule has 29 heavy (non-hydrogen) atoms. The van der Waals surface area contributed by atoms with E-state index in [0.29, 0.717) is 11.1 Å². The maximum Gasteiger partial charge on any atom is 0.194 e. The molecule has 0 saturated heterocycles. The van der Waals surface area contributed by atoms with Gasteiger partial charge in [-0.2, -0.15) is 0 Å². The van der Waals surface area contributed by atoms with E-state index in [1.54, 1.807) is 0 Å². The smallest absolute Gasteiger partial charge is 0.194 e. The Morgan fingerprint density at radius 2 is 1.34 bits per heavy atom. The van der Waals surface area contributed by atoms with Crippen molar-refractivity contribution in [1.82, 2.24) is 0 Å². The van der Waals surface area contributed by atoms with Gasteiger partial charge < -0.3 is 0 Å². The fourth-order valence-corrected chi connectivity index (χ4v) is 4.26. The van der Waals surface area contributed by atoms with Crippen molar-refractivity contribution in [2.24, 2.45) is 0 Å². The van der Waals surface area contributed by atoms with E-state index in [0.717, 1.165) is 37.0 Å². The van der Waals surface area contributed by atoms with E-state index in [-0.39, 0.29) is 0 Å². The van der Waals surface area contributed by atoms with Crippen LogP contribution in [0.4, 0.5) is 13.2 Å². The summed E-state index contributed by atoms with van der Waals surface area (Å²) in [5.74, 6) is -3.74. The van der Waals surface area contributed by atoms with Gasteiger partial charge in [0.15, 0.2) is 17.5 Å². The van der Waals surface area contributed by atoms with Crippen molar-refractivity contribution in [3.05, 3.63) is 82.7 Å². The molecule has 1 aliphatic rings. The average Bonchev–Trinajstić information content (AvgIpc) is 2.74. The topological polar surface area (TPSA) is 0 Å². The van der Waals surface area contributed by atoms with E-state index in [1.165, 1.54) is 47.9 Å². The van der Waals surface area contributed by atoms with Gasteiger partial charge in [0.1, 0.15) is 0 Å². The molecule has 0 radical (unpaired) electrons. The number of halogens is 3. The molecule has 0 bridgehead atoms. The van der Waals surface area contributed by atoms with Crippen molar-refractivity contribution >= 4 is 0 Å². The molecule has 0 saturated carbocycles. The summed E-state index contributed by atoms with van der Waals surface area (Å²) in [6.07, 6.45) is 8.03. The summed E-state index contributed by atoms with van der Waals surface area (Å²) in [7, 11) is 0. The molecular weight excluding hydrogens is 369 g/mol. The largest absolute Gasteiger partial charge is 0.204 e. The van der Waals surface area contributed by atoms with E-state index < -0.39 is 17.5 Å². The maximum atomic E-state index is 13.6. The molecule has 3 aromatic rings. The standard InChI is InChI=1S/C26H25F3/c1-2-3-4-5-6-17-7-11-22-19(13-17)8-9-20-14-18(10-12-23(20)22)21-15-24(27)26(29)25(28)16-21/h7,10-16H,2-6,8-9H2,1H3.